The van der Waals surface area contributed by atoms with E-state index in [2.05, 4.69) is 18.8 Å². The molecular formula is C29H25ClN2O4S. The molecule has 0 aliphatic carbocycles. The zero-order valence-electron chi connectivity index (χ0n) is 20.3. The van der Waals surface area contributed by atoms with Crippen molar-refractivity contribution in [3.8, 4) is 5.75 Å². The number of thiazole rings is 1. The van der Waals surface area contributed by atoms with Crippen LogP contribution in [0.5, 0.6) is 5.75 Å². The monoisotopic (exact) mass is 532 g/mol. The molecule has 0 bridgehead atoms. The van der Waals surface area contributed by atoms with E-state index in [-0.39, 0.29) is 11.3 Å². The normalized spacial score (nSPS) is 17.2. The van der Waals surface area contributed by atoms with E-state index in [0.29, 0.717) is 45.1 Å². The number of anilines is 1. The zero-order chi connectivity index (χ0) is 26.1. The second kappa shape index (κ2) is 10.4. The summed E-state index contributed by atoms with van der Waals surface area (Å²) in [7, 11) is 0. The number of hydrogen-bond donors (Lipinski definition) is 1. The third-order valence-corrected chi connectivity index (χ3v) is 7.43. The molecule has 5 rings (SSSR count). The van der Waals surface area contributed by atoms with Crippen molar-refractivity contribution < 1.29 is 19.4 Å². The number of Topliss-reactive ketones (excluding diaryl/α,β-unsaturated/α-hetero) is 1. The first-order valence-electron chi connectivity index (χ1n) is 12.0. The topological polar surface area (TPSA) is 79.7 Å². The molecule has 2 heterocycles. The maximum Gasteiger partial charge on any atom is 0.301 e. The summed E-state index contributed by atoms with van der Waals surface area (Å²) in [6.07, 6.45) is 0.894. The van der Waals surface area contributed by atoms with E-state index < -0.39 is 17.7 Å². The van der Waals surface area contributed by atoms with Crippen molar-refractivity contribution in [2.75, 3.05) is 11.5 Å². The third-order valence-electron chi connectivity index (χ3n) is 6.17. The maximum atomic E-state index is 13.5. The minimum Gasteiger partial charge on any atom is -0.507 e. The Bertz CT molecular complexity index is 1510. The van der Waals surface area contributed by atoms with Crippen LogP contribution < -0.4 is 9.64 Å². The number of carbonyl (C=O) groups is 2. The lowest BCUT2D eigenvalue weighted by Gasteiger charge is -2.23. The second-order valence-corrected chi connectivity index (χ2v) is 10.7. The molecule has 4 aromatic rings. The summed E-state index contributed by atoms with van der Waals surface area (Å²) in [5.41, 5.74) is 1.76. The summed E-state index contributed by atoms with van der Waals surface area (Å²) in [6.45, 7) is 4.80. The highest BCUT2D eigenvalue weighted by Gasteiger charge is 2.48. The van der Waals surface area contributed by atoms with Gasteiger partial charge in [0.2, 0.25) is 0 Å². The van der Waals surface area contributed by atoms with Crippen LogP contribution >= 0.6 is 22.9 Å². The van der Waals surface area contributed by atoms with Crippen LogP contribution in [0.4, 0.5) is 5.13 Å². The molecule has 1 atom stereocenters. The Balaban J connectivity index is 1.65. The number of halogens is 1. The van der Waals surface area contributed by atoms with Gasteiger partial charge in [0.1, 0.15) is 11.5 Å². The number of fused-ring (bicyclic) bond motifs is 1. The van der Waals surface area contributed by atoms with Gasteiger partial charge in [0.05, 0.1) is 28.4 Å². The van der Waals surface area contributed by atoms with Gasteiger partial charge in [-0.3, -0.25) is 14.5 Å². The number of aliphatic hydroxyl groups excluding tert-OH is 1. The quantitative estimate of drug-likeness (QED) is 0.157. The van der Waals surface area contributed by atoms with Crippen molar-refractivity contribution in [3.05, 3.63) is 94.5 Å². The van der Waals surface area contributed by atoms with E-state index >= 15 is 0 Å². The Hall–Kier alpha value is -3.68. The molecule has 1 aromatic heterocycles. The van der Waals surface area contributed by atoms with Gasteiger partial charge in [0, 0.05) is 10.6 Å². The van der Waals surface area contributed by atoms with E-state index in [1.165, 1.54) is 16.2 Å². The van der Waals surface area contributed by atoms with Crippen LogP contribution in [0.2, 0.25) is 5.02 Å². The SMILES string of the molecule is CC(C)CCOc1cccc(C2C(=C(O)c3ccccc3)C(=O)C(=O)N2c2nc3ccc(Cl)cc3s2)c1. The Morgan fingerprint density at radius 3 is 2.62 bits per heavy atom. The average Bonchev–Trinajstić information content (AvgIpc) is 3.41. The lowest BCUT2D eigenvalue weighted by molar-refractivity contribution is -0.132. The first-order chi connectivity index (χ1) is 17.8. The number of hydrogen-bond acceptors (Lipinski definition) is 6. The second-order valence-electron chi connectivity index (χ2n) is 9.25. The lowest BCUT2D eigenvalue weighted by atomic mass is 9.95. The van der Waals surface area contributed by atoms with Crippen LogP contribution in [-0.2, 0) is 9.59 Å². The Morgan fingerprint density at radius 2 is 1.86 bits per heavy atom. The molecular weight excluding hydrogens is 508 g/mol. The van der Waals surface area contributed by atoms with Gasteiger partial charge in [-0.15, -0.1) is 0 Å². The number of aromatic nitrogens is 1. The smallest absolute Gasteiger partial charge is 0.301 e. The van der Waals surface area contributed by atoms with Crippen LogP contribution in [0.1, 0.15) is 37.4 Å². The van der Waals surface area contributed by atoms with Gasteiger partial charge >= 0.3 is 5.91 Å². The van der Waals surface area contributed by atoms with Gasteiger partial charge in [-0.2, -0.15) is 0 Å². The number of amides is 1. The molecule has 3 aromatic carbocycles. The molecule has 188 valence electrons. The summed E-state index contributed by atoms with van der Waals surface area (Å²) in [4.78, 5) is 32.9. The largest absolute Gasteiger partial charge is 0.507 e. The van der Waals surface area contributed by atoms with Crippen molar-refractivity contribution in [2.24, 2.45) is 5.92 Å². The molecule has 0 saturated carbocycles. The van der Waals surface area contributed by atoms with Gasteiger partial charge in [-0.05, 0) is 48.2 Å². The lowest BCUT2D eigenvalue weighted by Crippen LogP contribution is -2.29. The molecule has 1 saturated heterocycles. The first-order valence-corrected chi connectivity index (χ1v) is 13.2. The molecule has 1 amide bonds. The molecule has 1 unspecified atom stereocenters. The summed E-state index contributed by atoms with van der Waals surface area (Å²) in [5, 5.41) is 12.2. The highest BCUT2D eigenvalue weighted by Crippen LogP contribution is 2.45. The number of aliphatic hydroxyl groups is 1. The molecule has 1 aliphatic rings. The average molecular weight is 533 g/mol. The minimum absolute atomic E-state index is 0.00724. The Kier molecular flexibility index (Phi) is 7.00. The maximum absolute atomic E-state index is 13.5. The van der Waals surface area contributed by atoms with Crippen molar-refractivity contribution in [3.63, 3.8) is 0 Å². The summed E-state index contributed by atoms with van der Waals surface area (Å²) < 4.78 is 6.75. The number of ketones is 1. The molecule has 0 radical (unpaired) electrons. The van der Waals surface area contributed by atoms with Crippen molar-refractivity contribution in [1.82, 2.24) is 4.98 Å². The van der Waals surface area contributed by atoms with Crippen molar-refractivity contribution >= 4 is 55.7 Å². The highest BCUT2D eigenvalue weighted by molar-refractivity contribution is 7.22. The molecule has 1 N–H and O–H groups in total. The van der Waals surface area contributed by atoms with E-state index in [4.69, 9.17) is 16.3 Å². The fourth-order valence-corrected chi connectivity index (χ4v) is 5.54. The van der Waals surface area contributed by atoms with Crippen molar-refractivity contribution in [1.29, 1.82) is 0 Å². The van der Waals surface area contributed by atoms with E-state index in [0.717, 1.165) is 11.1 Å². The van der Waals surface area contributed by atoms with Crippen molar-refractivity contribution in [2.45, 2.75) is 26.3 Å². The van der Waals surface area contributed by atoms with Gasteiger partial charge in [-0.1, -0.05) is 79.2 Å². The van der Waals surface area contributed by atoms with Crippen LogP contribution in [-0.4, -0.2) is 28.4 Å². The fourth-order valence-electron chi connectivity index (χ4n) is 4.27. The predicted molar refractivity (Wildman–Crippen MR) is 147 cm³/mol. The number of benzene rings is 3. The van der Waals surface area contributed by atoms with E-state index in [1.807, 2.05) is 30.3 Å². The van der Waals surface area contributed by atoms with Crippen LogP contribution in [0, 0.1) is 5.92 Å². The number of nitrogens with zero attached hydrogens (tertiary/aromatic N) is 2. The van der Waals surface area contributed by atoms with E-state index in [1.54, 1.807) is 42.5 Å². The number of ether oxygens (including phenoxy) is 1. The first kappa shape index (κ1) is 25.0. The van der Waals surface area contributed by atoms with Crippen LogP contribution in [0.25, 0.3) is 16.0 Å². The molecule has 6 nitrogen and oxygen atoms in total. The standard InChI is InChI=1S/C29H25ClN2O4S/c1-17(2)13-14-36-21-10-6-9-19(15-21)25-24(26(33)18-7-4-3-5-8-18)27(34)28(35)32(25)29-31-22-12-11-20(30)16-23(22)37-29/h3-12,15-17,25,33H,13-14H2,1-2H3. The number of carbonyl (C=O) groups excluding carboxylic acids is 2. The summed E-state index contributed by atoms with van der Waals surface area (Å²) in [5.74, 6) is -0.636. The van der Waals surface area contributed by atoms with Crippen LogP contribution in [0.15, 0.2) is 78.4 Å². The van der Waals surface area contributed by atoms with Gasteiger partial charge in [0.25, 0.3) is 5.78 Å². The molecule has 8 heteroatoms. The highest BCUT2D eigenvalue weighted by atomic mass is 35.5. The Morgan fingerprint density at radius 1 is 1.08 bits per heavy atom. The molecule has 37 heavy (non-hydrogen) atoms. The summed E-state index contributed by atoms with van der Waals surface area (Å²) >= 11 is 7.43. The fraction of sp³-hybridized carbons (Fsp3) is 0.207. The van der Waals surface area contributed by atoms with Gasteiger partial charge in [-0.25, -0.2) is 4.98 Å². The zero-order valence-corrected chi connectivity index (χ0v) is 21.9. The minimum atomic E-state index is -0.884. The molecule has 1 fully saturated rings. The molecule has 1 aliphatic heterocycles. The predicted octanol–water partition coefficient (Wildman–Crippen LogP) is 7.00. The summed E-state index contributed by atoms with van der Waals surface area (Å²) in [6, 6.07) is 20.4. The van der Waals surface area contributed by atoms with Gasteiger partial charge in [0.15, 0.2) is 5.13 Å². The molecule has 0 spiro atoms. The van der Waals surface area contributed by atoms with Crippen LogP contribution in [0.3, 0.4) is 0 Å². The Labute approximate surface area is 223 Å². The van der Waals surface area contributed by atoms with Gasteiger partial charge < -0.3 is 9.84 Å². The third kappa shape index (κ3) is 4.97. The van der Waals surface area contributed by atoms with E-state index in [9.17, 15) is 14.7 Å². The number of rotatable bonds is 7.